The van der Waals surface area contributed by atoms with E-state index in [4.69, 9.17) is 0 Å². The SMILES string of the molecule is CCNCC1CCCN(c2nc(C(F)(F)F)ns2)C1. The standard InChI is InChI=1S/C11H17F3N4S/c1-2-15-6-8-4-3-5-18(7-8)10-16-9(17-19-10)11(12,13)14/h8,15H,2-7H2,1H3. The summed E-state index contributed by atoms with van der Waals surface area (Å²) in [5, 5.41) is 3.66. The second kappa shape index (κ2) is 6.04. The zero-order valence-corrected chi connectivity index (χ0v) is 11.5. The molecule has 2 rings (SSSR count). The summed E-state index contributed by atoms with van der Waals surface area (Å²) >= 11 is 0.833. The summed E-state index contributed by atoms with van der Waals surface area (Å²) in [4.78, 5) is 5.52. The molecule has 1 N–H and O–H groups in total. The molecule has 2 heterocycles. The minimum atomic E-state index is -4.45. The number of rotatable bonds is 4. The molecule has 1 saturated heterocycles. The fraction of sp³-hybridized carbons (Fsp3) is 0.818. The van der Waals surface area contributed by atoms with Crippen molar-refractivity contribution in [2.75, 3.05) is 31.1 Å². The molecule has 1 atom stereocenters. The predicted octanol–water partition coefficient (Wildman–Crippen LogP) is 2.38. The zero-order chi connectivity index (χ0) is 13.9. The number of hydrogen-bond donors (Lipinski definition) is 1. The van der Waals surface area contributed by atoms with Gasteiger partial charge in [0.1, 0.15) is 0 Å². The molecule has 0 amide bonds. The minimum Gasteiger partial charge on any atom is -0.347 e. The lowest BCUT2D eigenvalue weighted by Gasteiger charge is -2.32. The van der Waals surface area contributed by atoms with Gasteiger partial charge in [0.15, 0.2) is 0 Å². The molecule has 1 fully saturated rings. The second-order valence-corrected chi connectivity index (χ2v) is 5.39. The molecular weight excluding hydrogens is 277 g/mol. The number of halogens is 3. The minimum absolute atomic E-state index is 0.383. The molecular formula is C11H17F3N4S. The molecule has 1 unspecified atom stereocenters. The third-order valence-electron chi connectivity index (χ3n) is 3.14. The Morgan fingerprint density at radius 3 is 2.89 bits per heavy atom. The van der Waals surface area contributed by atoms with Crippen LogP contribution < -0.4 is 10.2 Å². The number of nitrogens with one attached hydrogen (secondary N) is 1. The van der Waals surface area contributed by atoms with E-state index < -0.39 is 12.0 Å². The summed E-state index contributed by atoms with van der Waals surface area (Å²) in [6.45, 7) is 5.36. The molecule has 0 saturated carbocycles. The van der Waals surface area contributed by atoms with Crippen molar-refractivity contribution in [3.05, 3.63) is 5.82 Å². The first-order valence-corrected chi connectivity index (χ1v) is 7.14. The first-order valence-electron chi connectivity index (χ1n) is 6.37. The Labute approximate surface area is 114 Å². The molecule has 0 aromatic carbocycles. The van der Waals surface area contributed by atoms with Crippen LogP contribution >= 0.6 is 11.5 Å². The smallest absolute Gasteiger partial charge is 0.347 e. The lowest BCUT2D eigenvalue weighted by molar-refractivity contribution is -0.144. The van der Waals surface area contributed by atoms with Gasteiger partial charge in [-0.2, -0.15) is 22.5 Å². The maximum Gasteiger partial charge on any atom is 0.452 e. The lowest BCUT2D eigenvalue weighted by Crippen LogP contribution is -2.39. The Balaban J connectivity index is 1.99. The number of alkyl halides is 3. The summed E-state index contributed by atoms with van der Waals surface area (Å²) in [5.41, 5.74) is 0. The molecule has 1 aromatic heterocycles. The number of piperidine rings is 1. The van der Waals surface area contributed by atoms with Gasteiger partial charge in [-0.05, 0) is 31.8 Å². The topological polar surface area (TPSA) is 41.0 Å². The first-order chi connectivity index (χ1) is 9.00. The molecule has 0 radical (unpaired) electrons. The molecule has 4 nitrogen and oxygen atoms in total. The number of anilines is 1. The van der Waals surface area contributed by atoms with Crippen molar-refractivity contribution < 1.29 is 13.2 Å². The molecule has 8 heteroatoms. The highest BCUT2D eigenvalue weighted by Crippen LogP contribution is 2.31. The summed E-state index contributed by atoms with van der Waals surface area (Å²) in [7, 11) is 0. The molecule has 19 heavy (non-hydrogen) atoms. The fourth-order valence-corrected chi connectivity index (χ4v) is 2.93. The van der Waals surface area contributed by atoms with Gasteiger partial charge in [-0.25, -0.2) is 0 Å². The summed E-state index contributed by atoms with van der Waals surface area (Å²) in [6, 6.07) is 0. The van der Waals surface area contributed by atoms with Crippen molar-refractivity contribution in [2.24, 2.45) is 5.92 Å². The van der Waals surface area contributed by atoms with Crippen molar-refractivity contribution in [2.45, 2.75) is 25.9 Å². The highest BCUT2D eigenvalue weighted by atomic mass is 32.1. The van der Waals surface area contributed by atoms with E-state index in [2.05, 4.69) is 14.7 Å². The van der Waals surface area contributed by atoms with E-state index >= 15 is 0 Å². The third-order valence-corrected chi connectivity index (χ3v) is 3.92. The second-order valence-electron chi connectivity index (χ2n) is 4.66. The van der Waals surface area contributed by atoms with Crippen LogP contribution in [0.2, 0.25) is 0 Å². The quantitative estimate of drug-likeness (QED) is 0.925. The zero-order valence-electron chi connectivity index (χ0n) is 10.7. The van der Waals surface area contributed by atoms with Crippen molar-refractivity contribution in [1.29, 1.82) is 0 Å². The van der Waals surface area contributed by atoms with Crippen LogP contribution in [0.15, 0.2) is 0 Å². The van der Waals surface area contributed by atoms with Crippen LogP contribution in [-0.2, 0) is 6.18 Å². The van der Waals surface area contributed by atoms with Gasteiger partial charge in [-0.3, -0.25) is 0 Å². The molecule has 0 aliphatic carbocycles. The Morgan fingerprint density at radius 2 is 2.26 bits per heavy atom. The van der Waals surface area contributed by atoms with Crippen molar-refractivity contribution in [1.82, 2.24) is 14.7 Å². The average molecular weight is 294 g/mol. The van der Waals surface area contributed by atoms with Crippen LogP contribution in [0.5, 0.6) is 0 Å². The Hall–Kier alpha value is -0.890. The van der Waals surface area contributed by atoms with Gasteiger partial charge < -0.3 is 10.2 Å². The molecule has 0 bridgehead atoms. The Morgan fingerprint density at radius 1 is 1.47 bits per heavy atom. The Bertz CT molecular complexity index is 407. The monoisotopic (exact) mass is 294 g/mol. The Kier molecular flexibility index (Phi) is 4.62. The molecule has 108 valence electrons. The molecule has 1 aromatic rings. The van der Waals surface area contributed by atoms with Crippen LogP contribution in [0.1, 0.15) is 25.6 Å². The number of aromatic nitrogens is 2. The van der Waals surface area contributed by atoms with Crippen LogP contribution in [0.4, 0.5) is 18.3 Å². The van der Waals surface area contributed by atoms with Gasteiger partial charge >= 0.3 is 6.18 Å². The van der Waals surface area contributed by atoms with Crippen LogP contribution in [0, 0.1) is 5.92 Å². The maximum atomic E-state index is 12.5. The van der Waals surface area contributed by atoms with E-state index in [1.165, 1.54) is 0 Å². The molecule has 0 spiro atoms. The van der Waals surface area contributed by atoms with E-state index in [0.717, 1.165) is 50.6 Å². The summed E-state index contributed by atoms with van der Waals surface area (Å²) in [5.74, 6) is -0.562. The molecule has 1 aliphatic rings. The first kappa shape index (κ1) is 14.5. The van der Waals surface area contributed by atoms with Gasteiger partial charge in [0, 0.05) is 24.6 Å². The van der Waals surface area contributed by atoms with Gasteiger partial charge in [-0.1, -0.05) is 6.92 Å². The largest absolute Gasteiger partial charge is 0.452 e. The van der Waals surface area contributed by atoms with Gasteiger partial charge in [0.25, 0.3) is 0 Å². The van der Waals surface area contributed by atoms with E-state index in [1.807, 2.05) is 11.8 Å². The summed E-state index contributed by atoms with van der Waals surface area (Å²) < 4.78 is 40.8. The molecule has 1 aliphatic heterocycles. The van der Waals surface area contributed by atoms with E-state index in [0.29, 0.717) is 11.0 Å². The van der Waals surface area contributed by atoms with Gasteiger partial charge in [0.2, 0.25) is 11.0 Å². The highest BCUT2D eigenvalue weighted by molar-refractivity contribution is 7.09. The van der Waals surface area contributed by atoms with Crippen molar-refractivity contribution in [3.63, 3.8) is 0 Å². The highest BCUT2D eigenvalue weighted by Gasteiger charge is 2.37. The van der Waals surface area contributed by atoms with E-state index in [9.17, 15) is 13.2 Å². The summed E-state index contributed by atoms with van der Waals surface area (Å²) in [6.07, 6.45) is -2.36. The van der Waals surface area contributed by atoms with Crippen molar-refractivity contribution in [3.8, 4) is 0 Å². The maximum absolute atomic E-state index is 12.5. The van der Waals surface area contributed by atoms with Gasteiger partial charge in [0.05, 0.1) is 0 Å². The fourth-order valence-electron chi connectivity index (χ4n) is 2.21. The predicted molar refractivity (Wildman–Crippen MR) is 68.4 cm³/mol. The number of hydrogen-bond acceptors (Lipinski definition) is 5. The van der Waals surface area contributed by atoms with Crippen molar-refractivity contribution >= 4 is 16.7 Å². The van der Waals surface area contributed by atoms with Crippen LogP contribution in [0.25, 0.3) is 0 Å². The normalized spacial score (nSPS) is 20.8. The van der Waals surface area contributed by atoms with E-state index in [-0.39, 0.29) is 0 Å². The van der Waals surface area contributed by atoms with E-state index in [1.54, 1.807) is 0 Å². The van der Waals surface area contributed by atoms with Crippen LogP contribution in [-0.4, -0.2) is 35.5 Å². The third kappa shape index (κ3) is 3.79. The lowest BCUT2D eigenvalue weighted by atomic mass is 9.98. The van der Waals surface area contributed by atoms with Crippen LogP contribution in [0.3, 0.4) is 0 Å². The van der Waals surface area contributed by atoms with Gasteiger partial charge in [-0.15, -0.1) is 0 Å². The number of nitrogens with zero attached hydrogens (tertiary/aromatic N) is 3. The average Bonchev–Trinajstić information content (AvgIpc) is 2.86.